The summed E-state index contributed by atoms with van der Waals surface area (Å²) in [5, 5.41) is 11.6. The number of hydrogen-bond acceptors (Lipinski definition) is 3. The van der Waals surface area contributed by atoms with Crippen molar-refractivity contribution < 1.29 is 9.90 Å². The minimum Gasteiger partial charge on any atom is -0.480 e. The van der Waals surface area contributed by atoms with E-state index in [2.05, 4.69) is 30.2 Å². The van der Waals surface area contributed by atoms with Crippen molar-refractivity contribution in [3.05, 3.63) is 21.9 Å². The lowest BCUT2D eigenvalue weighted by molar-refractivity contribution is -0.145. The average molecular weight is 281 g/mol. The van der Waals surface area contributed by atoms with Crippen LogP contribution in [0.1, 0.15) is 55.5 Å². The molecule has 0 radical (unpaired) electrons. The Morgan fingerprint density at radius 2 is 2.16 bits per heavy atom. The lowest BCUT2D eigenvalue weighted by Crippen LogP contribution is -2.43. The zero-order valence-electron chi connectivity index (χ0n) is 11.8. The van der Waals surface area contributed by atoms with Gasteiger partial charge >= 0.3 is 5.97 Å². The zero-order chi connectivity index (χ0) is 13.8. The third-order valence-corrected chi connectivity index (χ3v) is 5.30. The Morgan fingerprint density at radius 3 is 2.79 bits per heavy atom. The van der Waals surface area contributed by atoms with E-state index < -0.39 is 5.97 Å². The van der Waals surface area contributed by atoms with Gasteiger partial charge in [-0.2, -0.15) is 0 Å². The first-order valence-electron chi connectivity index (χ1n) is 7.14. The number of aliphatic carboxylic acids is 1. The van der Waals surface area contributed by atoms with Crippen molar-refractivity contribution in [1.29, 1.82) is 0 Å². The monoisotopic (exact) mass is 281 g/mol. The van der Waals surface area contributed by atoms with Gasteiger partial charge in [0.15, 0.2) is 0 Å². The van der Waals surface area contributed by atoms with Crippen LogP contribution in [0.25, 0.3) is 0 Å². The number of carboxylic acid groups (broad SMARTS) is 1. The summed E-state index contributed by atoms with van der Waals surface area (Å²) in [5.74, 6) is -0.664. The van der Waals surface area contributed by atoms with Crippen LogP contribution in [-0.2, 0) is 4.79 Å². The lowest BCUT2D eigenvalue weighted by Gasteiger charge is -2.35. The Bertz CT molecular complexity index is 430. The van der Waals surface area contributed by atoms with Crippen molar-refractivity contribution in [2.24, 2.45) is 0 Å². The first kappa shape index (κ1) is 14.5. The molecule has 1 N–H and O–H groups in total. The van der Waals surface area contributed by atoms with Crippen molar-refractivity contribution in [3.63, 3.8) is 0 Å². The molecule has 1 aliphatic rings. The third kappa shape index (κ3) is 3.37. The standard InChI is InChI=1S/C15H23NO2S/c1-11-8-10-19-14(11)12(2)16-9-6-4-3-5-7-13(16)15(17)18/h8,10,12-13H,3-7,9H2,1-2H3,(H,17,18). The number of carboxylic acids is 1. The first-order valence-corrected chi connectivity index (χ1v) is 8.01. The maximum atomic E-state index is 11.6. The number of aryl methyl sites for hydroxylation is 1. The zero-order valence-corrected chi connectivity index (χ0v) is 12.6. The van der Waals surface area contributed by atoms with Gasteiger partial charge in [-0.15, -0.1) is 11.3 Å². The fourth-order valence-corrected chi connectivity index (χ4v) is 4.00. The minimum atomic E-state index is -0.664. The molecule has 1 aromatic rings. The molecule has 2 rings (SSSR count). The highest BCUT2D eigenvalue weighted by atomic mass is 32.1. The van der Waals surface area contributed by atoms with Crippen molar-refractivity contribution in [2.75, 3.05) is 6.54 Å². The molecule has 0 amide bonds. The third-order valence-electron chi connectivity index (χ3n) is 4.11. The number of thiophene rings is 1. The SMILES string of the molecule is Cc1ccsc1C(C)N1CCCCCCC1C(=O)O. The van der Waals surface area contributed by atoms with Crippen LogP contribution in [0.4, 0.5) is 0 Å². The topological polar surface area (TPSA) is 40.5 Å². The summed E-state index contributed by atoms with van der Waals surface area (Å²) in [6, 6.07) is 2.01. The molecule has 0 aliphatic carbocycles. The van der Waals surface area contributed by atoms with Crippen LogP contribution in [0.5, 0.6) is 0 Å². The van der Waals surface area contributed by atoms with E-state index in [9.17, 15) is 9.90 Å². The Balaban J connectivity index is 2.21. The van der Waals surface area contributed by atoms with Gasteiger partial charge in [-0.05, 0) is 50.2 Å². The maximum Gasteiger partial charge on any atom is 0.320 e. The lowest BCUT2D eigenvalue weighted by atomic mass is 9.99. The van der Waals surface area contributed by atoms with Gasteiger partial charge in [-0.3, -0.25) is 9.69 Å². The fourth-order valence-electron chi connectivity index (χ4n) is 3.00. The predicted molar refractivity (Wildman–Crippen MR) is 78.7 cm³/mol. The van der Waals surface area contributed by atoms with Crippen molar-refractivity contribution in [1.82, 2.24) is 4.90 Å². The molecule has 0 bridgehead atoms. The van der Waals surface area contributed by atoms with Gasteiger partial charge in [0, 0.05) is 10.9 Å². The second-order valence-corrected chi connectivity index (χ2v) is 6.39. The smallest absolute Gasteiger partial charge is 0.320 e. The minimum absolute atomic E-state index is 0.208. The summed E-state index contributed by atoms with van der Waals surface area (Å²) in [6.07, 6.45) is 5.31. The van der Waals surface area contributed by atoms with E-state index in [1.54, 1.807) is 11.3 Å². The van der Waals surface area contributed by atoms with Crippen LogP contribution >= 0.6 is 11.3 Å². The Morgan fingerprint density at radius 1 is 1.42 bits per heavy atom. The molecule has 2 unspecified atom stereocenters. The normalized spacial score (nSPS) is 23.6. The van der Waals surface area contributed by atoms with E-state index in [0.717, 1.165) is 25.8 Å². The highest BCUT2D eigenvalue weighted by Crippen LogP contribution is 2.32. The number of hydrogen-bond donors (Lipinski definition) is 1. The maximum absolute atomic E-state index is 11.6. The van der Waals surface area contributed by atoms with Gasteiger partial charge in [0.25, 0.3) is 0 Å². The van der Waals surface area contributed by atoms with Crippen molar-refractivity contribution in [3.8, 4) is 0 Å². The van der Waals surface area contributed by atoms with Crippen molar-refractivity contribution >= 4 is 17.3 Å². The van der Waals surface area contributed by atoms with Gasteiger partial charge in [-0.25, -0.2) is 0 Å². The Hall–Kier alpha value is -0.870. The molecule has 2 heterocycles. The Kier molecular flexibility index (Phi) is 4.99. The first-order chi connectivity index (χ1) is 9.11. The highest BCUT2D eigenvalue weighted by Gasteiger charge is 2.31. The molecule has 1 fully saturated rings. The van der Waals surface area contributed by atoms with E-state index in [1.165, 1.54) is 23.3 Å². The average Bonchev–Trinajstić information content (AvgIpc) is 2.74. The summed E-state index contributed by atoms with van der Waals surface area (Å²) < 4.78 is 0. The van der Waals surface area contributed by atoms with Crippen LogP contribution in [0.2, 0.25) is 0 Å². The van der Waals surface area contributed by atoms with Crippen LogP contribution in [0.3, 0.4) is 0 Å². The molecular formula is C15H23NO2S. The van der Waals surface area contributed by atoms with Gasteiger partial charge in [0.2, 0.25) is 0 Å². The van der Waals surface area contributed by atoms with Gasteiger partial charge in [-0.1, -0.05) is 19.3 Å². The molecule has 0 spiro atoms. The molecule has 19 heavy (non-hydrogen) atoms. The second-order valence-electron chi connectivity index (χ2n) is 5.44. The van der Waals surface area contributed by atoms with Crippen molar-refractivity contribution in [2.45, 2.75) is 58.0 Å². The molecular weight excluding hydrogens is 258 g/mol. The number of carbonyl (C=O) groups is 1. The van der Waals surface area contributed by atoms with Crippen LogP contribution in [0.15, 0.2) is 11.4 Å². The summed E-state index contributed by atoms with van der Waals surface area (Å²) >= 11 is 1.74. The Labute approximate surface area is 119 Å². The summed E-state index contributed by atoms with van der Waals surface area (Å²) in [4.78, 5) is 15.1. The van der Waals surface area contributed by atoms with E-state index in [1.807, 2.05) is 0 Å². The van der Waals surface area contributed by atoms with Crippen LogP contribution < -0.4 is 0 Å². The molecule has 1 aromatic heterocycles. The fraction of sp³-hybridized carbons (Fsp3) is 0.667. The summed E-state index contributed by atoms with van der Waals surface area (Å²) in [7, 11) is 0. The van der Waals surface area contributed by atoms with E-state index >= 15 is 0 Å². The van der Waals surface area contributed by atoms with E-state index in [0.29, 0.717) is 0 Å². The molecule has 0 aromatic carbocycles. The van der Waals surface area contributed by atoms with Gasteiger partial charge in [0.05, 0.1) is 0 Å². The molecule has 0 saturated carbocycles. The molecule has 1 saturated heterocycles. The second kappa shape index (κ2) is 6.53. The summed E-state index contributed by atoms with van der Waals surface area (Å²) in [6.45, 7) is 5.16. The van der Waals surface area contributed by atoms with Crippen LogP contribution in [0, 0.1) is 6.92 Å². The van der Waals surface area contributed by atoms with E-state index in [4.69, 9.17) is 0 Å². The largest absolute Gasteiger partial charge is 0.480 e. The molecule has 4 heteroatoms. The van der Waals surface area contributed by atoms with E-state index in [-0.39, 0.29) is 12.1 Å². The molecule has 3 nitrogen and oxygen atoms in total. The van der Waals surface area contributed by atoms with Gasteiger partial charge in [0.1, 0.15) is 6.04 Å². The quantitative estimate of drug-likeness (QED) is 0.915. The number of nitrogens with zero attached hydrogens (tertiary/aromatic N) is 1. The molecule has 2 atom stereocenters. The van der Waals surface area contributed by atoms with Gasteiger partial charge < -0.3 is 5.11 Å². The molecule has 106 valence electrons. The summed E-state index contributed by atoms with van der Waals surface area (Å²) in [5.41, 5.74) is 1.28. The predicted octanol–water partition coefficient (Wildman–Crippen LogP) is 3.84. The molecule has 1 aliphatic heterocycles. The number of rotatable bonds is 3. The van der Waals surface area contributed by atoms with Crippen LogP contribution in [-0.4, -0.2) is 28.6 Å². The highest BCUT2D eigenvalue weighted by molar-refractivity contribution is 7.10. The number of likely N-dealkylation sites (tertiary alicyclic amines) is 1.